The van der Waals surface area contributed by atoms with Crippen molar-refractivity contribution in [2.45, 2.75) is 70.9 Å². The fraction of sp³-hybridized carbons (Fsp3) is 0.737. The van der Waals surface area contributed by atoms with Crippen LogP contribution in [0.3, 0.4) is 0 Å². The van der Waals surface area contributed by atoms with Gasteiger partial charge in [0, 0.05) is 44.0 Å². The fourth-order valence-corrected chi connectivity index (χ4v) is 3.76. The summed E-state index contributed by atoms with van der Waals surface area (Å²) < 4.78 is 11.0. The highest BCUT2D eigenvalue weighted by molar-refractivity contribution is 5.92. The maximum Gasteiger partial charge on any atom is 0.410 e. The molecule has 7 heteroatoms. The summed E-state index contributed by atoms with van der Waals surface area (Å²) in [4.78, 5) is 28.5. The van der Waals surface area contributed by atoms with Gasteiger partial charge in [0.1, 0.15) is 11.4 Å². The zero-order valence-electron chi connectivity index (χ0n) is 16.2. The molecule has 7 nitrogen and oxygen atoms in total. The molecule has 0 bridgehead atoms. The number of ether oxygens (including phenoxy) is 1. The van der Waals surface area contributed by atoms with E-state index in [9.17, 15) is 9.59 Å². The molecule has 0 aliphatic carbocycles. The number of hydrogen-bond acceptors (Lipinski definition) is 5. The van der Waals surface area contributed by atoms with E-state index in [1.165, 1.54) is 0 Å². The molecule has 1 aromatic rings. The van der Waals surface area contributed by atoms with Gasteiger partial charge in [-0.15, -0.1) is 0 Å². The minimum absolute atomic E-state index is 0.115. The Kier molecular flexibility index (Phi) is 5.25. The molecule has 2 aliphatic heterocycles. The fourth-order valence-electron chi connectivity index (χ4n) is 3.76. The van der Waals surface area contributed by atoms with Gasteiger partial charge in [-0.05, 0) is 13.3 Å². The third-order valence-corrected chi connectivity index (χ3v) is 5.51. The first-order chi connectivity index (χ1) is 12.3. The number of nitrogens with zero attached hydrogens (tertiary/aromatic N) is 3. The number of rotatable bonds is 5. The summed E-state index contributed by atoms with van der Waals surface area (Å²) >= 11 is 0. The van der Waals surface area contributed by atoms with Crippen molar-refractivity contribution in [3.05, 3.63) is 17.5 Å². The van der Waals surface area contributed by atoms with Crippen molar-refractivity contribution in [2.24, 2.45) is 0 Å². The lowest BCUT2D eigenvalue weighted by Crippen LogP contribution is -2.49. The molecule has 0 radical (unpaired) electrons. The Labute approximate surface area is 154 Å². The van der Waals surface area contributed by atoms with Gasteiger partial charge in [-0.1, -0.05) is 32.3 Å². The highest BCUT2D eigenvalue weighted by Crippen LogP contribution is 2.35. The van der Waals surface area contributed by atoms with Gasteiger partial charge in [0.25, 0.3) is 5.91 Å². The number of likely N-dealkylation sites (tertiary alicyclic amines) is 1. The molecular formula is C19H29N3O4. The van der Waals surface area contributed by atoms with Crippen molar-refractivity contribution in [1.82, 2.24) is 15.0 Å². The summed E-state index contributed by atoms with van der Waals surface area (Å²) in [5, 5.41) is 3.91. The van der Waals surface area contributed by atoms with E-state index in [1.807, 2.05) is 18.7 Å². The molecule has 2 amide bonds. The molecule has 1 spiro atoms. The number of amides is 2. The lowest BCUT2D eigenvalue weighted by atomic mass is 9.90. The van der Waals surface area contributed by atoms with Gasteiger partial charge < -0.3 is 19.1 Å². The van der Waals surface area contributed by atoms with E-state index in [1.54, 1.807) is 11.0 Å². The summed E-state index contributed by atoms with van der Waals surface area (Å²) in [6.07, 6.45) is 3.11. The first-order valence-corrected chi connectivity index (χ1v) is 9.60. The maximum absolute atomic E-state index is 12.6. The molecule has 144 valence electrons. The van der Waals surface area contributed by atoms with E-state index in [0.717, 1.165) is 12.8 Å². The standard InChI is InChI=1S/C19H29N3O4/c1-5-6-14(4)22-12-19(25-18(22)24)7-9-21(10-8-19)17(23)15-11-16(13(2)3)26-20-15/h11,13-14H,5-10,12H2,1-4H3/t14-/m0/s1. The highest BCUT2D eigenvalue weighted by atomic mass is 16.6. The van der Waals surface area contributed by atoms with Crippen LogP contribution >= 0.6 is 0 Å². The molecule has 1 aromatic heterocycles. The Hall–Kier alpha value is -2.05. The van der Waals surface area contributed by atoms with Crippen molar-refractivity contribution >= 4 is 12.0 Å². The van der Waals surface area contributed by atoms with Crippen LogP contribution in [0.15, 0.2) is 10.6 Å². The first-order valence-electron chi connectivity index (χ1n) is 9.60. The minimum Gasteiger partial charge on any atom is -0.441 e. The molecule has 0 aromatic carbocycles. The van der Waals surface area contributed by atoms with E-state index in [2.05, 4.69) is 19.0 Å². The van der Waals surface area contributed by atoms with E-state index < -0.39 is 5.60 Å². The van der Waals surface area contributed by atoms with Crippen LogP contribution in [0.2, 0.25) is 0 Å². The van der Waals surface area contributed by atoms with Gasteiger partial charge >= 0.3 is 6.09 Å². The van der Waals surface area contributed by atoms with E-state index in [-0.39, 0.29) is 24.0 Å². The predicted molar refractivity (Wildman–Crippen MR) is 96.0 cm³/mol. The molecule has 3 heterocycles. The molecule has 3 rings (SSSR count). The van der Waals surface area contributed by atoms with E-state index in [0.29, 0.717) is 43.9 Å². The van der Waals surface area contributed by atoms with Crippen molar-refractivity contribution in [3.8, 4) is 0 Å². The van der Waals surface area contributed by atoms with Crippen LogP contribution in [0.25, 0.3) is 0 Å². The van der Waals surface area contributed by atoms with Gasteiger partial charge in [0.15, 0.2) is 5.69 Å². The number of carbonyl (C=O) groups excluding carboxylic acids is 2. The van der Waals surface area contributed by atoms with Crippen molar-refractivity contribution in [2.75, 3.05) is 19.6 Å². The Balaban J connectivity index is 1.60. The summed E-state index contributed by atoms with van der Waals surface area (Å²) in [5.74, 6) is 0.797. The number of piperidine rings is 1. The molecule has 26 heavy (non-hydrogen) atoms. The van der Waals surface area contributed by atoms with Crippen molar-refractivity contribution in [3.63, 3.8) is 0 Å². The van der Waals surface area contributed by atoms with E-state index in [4.69, 9.17) is 9.26 Å². The molecular weight excluding hydrogens is 334 g/mol. The van der Waals surface area contributed by atoms with Crippen LogP contribution in [-0.2, 0) is 4.74 Å². The number of carbonyl (C=O) groups is 2. The average molecular weight is 363 g/mol. The maximum atomic E-state index is 12.6. The topological polar surface area (TPSA) is 75.9 Å². The van der Waals surface area contributed by atoms with Gasteiger partial charge in [-0.2, -0.15) is 0 Å². The largest absolute Gasteiger partial charge is 0.441 e. The SMILES string of the molecule is CCC[C@H](C)N1CC2(CCN(C(=O)c3cc(C(C)C)on3)CC2)OC1=O. The zero-order chi connectivity index (χ0) is 18.9. The van der Waals surface area contributed by atoms with Crippen LogP contribution in [0.5, 0.6) is 0 Å². The molecule has 0 N–H and O–H groups in total. The van der Waals surface area contributed by atoms with Crippen LogP contribution in [0.4, 0.5) is 4.79 Å². The summed E-state index contributed by atoms with van der Waals surface area (Å²) in [6.45, 7) is 9.93. The molecule has 2 fully saturated rings. The van der Waals surface area contributed by atoms with E-state index >= 15 is 0 Å². The molecule has 2 saturated heterocycles. The quantitative estimate of drug-likeness (QED) is 0.801. The second kappa shape index (κ2) is 7.29. The number of aromatic nitrogens is 1. The second-order valence-corrected chi connectivity index (χ2v) is 7.88. The minimum atomic E-state index is -0.456. The van der Waals surface area contributed by atoms with Gasteiger partial charge in [-0.3, -0.25) is 4.79 Å². The summed E-state index contributed by atoms with van der Waals surface area (Å²) in [7, 11) is 0. The highest BCUT2D eigenvalue weighted by Gasteiger charge is 2.48. The van der Waals surface area contributed by atoms with Crippen molar-refractivity contribution < 1.29 is 18.8 Å². The molecule has 0 unspecified atom stereocenters. The lowest BCUT2D eigenvalue weighted by Gasteiger charge is -2.37. The van der Waals surface area contributed by atoms with Crippen LogP contribution in [0, 0.1) is 0 Å². The second-order valence-electron chi connectivity index (χ2n) is 7.88. The van der Waals surface area contributed by atoms with Crippen molar-refractivity contribution in [1.29, 1.82) is 0 Å². The Morgan fingerprint density at radius 1 is 1.31 bits per heavy atom. The normalized spacial score (nSPS) is 20.7. The molecule has 2 aliphatic rings. The van der Waals surface area contributed by atoms with Crippen LogP contribution in [0.1, 0.15) is 75.5 Å². The Morgan fingerprint density at radius 2 is 2.00 bits per heavy atom. The third kappa shape index (κ3) is 3.57. The van der Waals surface area contributed by atoms with Crippen LogP contribution < -0.4 is 0 Å². The molecule has 0 saturated carbocycles. The van der Waals surface area contributed by atoms with Crippen LogP contribution in [-0.4, -0.2) is 58.2 Å². The number of hydrogen-bond donors (Lipinski definition) is 0. The average Bonchev–Trinajstić information content (AvgIpc) is 3.21. The van der Waals surface area contributed by atoms with Gasteiger partial charge in [0.2, 0.25) is 0 Å². The Bertz CT molecular complexity index is 661. The predicted octanol–water partition coefficient (Wildman–Crippen LogP) is 3.41. The monoisotopic (exact) mass is 363 g/mol. The zero-order valence-corrected chi connectivity index (χ0v) is 16.2. The Morgan fingerprint density at radius 3 is 2.58 bits per heavy atom. The lowest BCUT2D eigenvalue weighted by molar-refractivity contribution is 0.00280. The molecule has 1 atom stereocenters. The smallest absolute Gasteiger partial charge is 0.410 e. The first kappa shape index (κ1) is 18.7. The van der Waals surface area contributed by atoms with Gasteiger partial charge in [0.05, 0.1) is 6.54 Å². The van der Waals surface area contributed by atoms with Gasteiger partial charge in [-0.25, -0.2) is 4.79 Å². The third-order valence-electron chi connectivity index (χ3n) is 5.51. The summed E-state index contributed by atoms with van der Waals surface area (Å²) in [5.41, 5.74) is -0.103. The summed E-state index contributed by atoms with van der Waals surface area (Å²) in [6, 6.07) is 1.91.